The number of anilines is 2. The number of halogens is 1. The molecule has 0 aliphatic rings. The van der Waals surface area contributed by atoms with Gasteiger partial charge in [0.15, 0.2) is 0 Å². The average Bonchev–Trinajstić information content (AvgIpc) is 2.41. The van der Waals surface area contributed by atoms with E-state index in [0.717, 1.165) is 9.26 Å². The van der Waals surface area contributed by atoms with Crippen LogP contribution in [0.2, 0.25) is 0 Å². The summed E-state index contributed by atoms with van der Waals surface area (Å²) in [5, 5.41) is 2.83. The normalized spacial score (nSPS) is 9.89. The van der Waals surface area contributed by atoms with Gasteiger partial charge in [0.05, 0.1) is 11.3 Å². The van der Waals surface area contributed by atoms with Crippen LogP contribution in [-0.2, 0) is 0 Å². The van der Waals surface area contributed by atoms with E-state index in [-0.39, 0.29) is 5.91 Å². The minimum absolute atomic E-state index is 0.199. The molecule has 0 fully saturated rings. The molecular weight excluding hydrogens is 343 g/mol. The van der Waals surface area contributed by atoms with Crippen molar-refractivity contribution in [3.8, 4) is 0 Å². The van der Waals surface area contributed by atoms with E-state index in [9.17, 15) is 4.79 Å². The van der Waals surface area contributed by atoms with Crippen LogP contribution in [-0.4, -0.2) is 10.9 Å². The van der Waals surface area contributed by atoms with Crippen molar-refractivity contribution in [2.45, 2.75) is 0 Å². The first-order valence-electron chi connectivity index (χ1n) is 5.19. The quantitative estimate of drug-likeness (QED) is 0.449. The van der Waals surface area contributed by atoms with Crippen LogP contribution in [0.25, 0.3) is 0 Å². The Labute approximate surface area is 118 Å². The third-order valence-corrected chi connectivity index (χ3v) is 3.24. The van der Waals surface area contributed by atoms with Crippen LogP contribution in [0.4, 0.5) is 11.5 Å². The molecule has 1 heterocycles. The predicted molar refractivity (Wildman–Crippen MR) is 79.2 cm³/mol. The molecule has 18 heavy (non-hydrogen) atoms. The fourth-order valence-corrected chi connectivity index (χ4v) is 1.89. The van der Waals surface area contributed by atoms with E-state index in [0.29, 0.717) is 11.4 Å². The summed E-state index contributed by atoms with van der Waals surface area (Å²) in [6.07, 6.45) is 1.47. The topological polar surface area (TPSA) is 80.0 Å². The molecule has 0 unspecified atom stereocenters. The average molecular weight is 354 g/mol. The lowest BCUT2D eigenvalue weighted by molar-refractivity contribution is 0.102. The van der Waals surface area contributed by atoms with E-state index in [1.165, 1.54) is 6.20 Å². The van der Waals surface area contributed by atoms with Crippen LogP contribution in [0, 0.1) is 3.57 Å². The second-order valence-corrected chi connectivity index (χ2v) is 4.67. The Hall–Kier alpha value is -1.67. The molecule has 92 valence electrons. The number of para-hydroxylation sites is 1. The van der Waals surface area contributed by atoms with Gasteiger partial charge in [0.2, 0.25) is 0 Å². The second-order valence-electron chi connectivity index (χ2n) is 3.51. The highest BCUT2D eigenvalue weighted by Crippen LogP contribution is 2.17. The van der Waals surface area contributed by atoms with Gasteiger partial charge < -0.3 is 10.7 Å². The number of pyridine rings is 1. The number of nitrogen functional groups attached to an aromatic ring is 1. The summed E-state index contributed by atoms with van der Waals surface area (Å²) in [7, 11) is 0. The lowest BCUT2D eigenvalue weighted by Crippen LogP contribution is -2.14. The van der Waals surface area contributed by atoms with Gasteiger partial charge in [0, 0.05) is 9.77 Å². The van der Waals surface area contributed by atoms with E-state index >= 15 is 0 Å². The SMILES string of the molecule is NNc1ccc(C(=O)Nc2ccccc2I)cn1. The van der Waals surface area contributed by atoms with Gasteiger partial charge in [-0.2, -0.15) is 0 Å². The molecule has 0 spiro atoms. The van der Waals surface area contributed by atoms with Crippen LogP contribution in [0.15, 0.2) is 42.6 Å². The molecule has 6 heteroatoms. The molecule has 0 radical (unpaired) electrons. The fraction of sp³-hybridized carbons (Fsp3) is 0. The molecule has 0 saturated heterocycles. The Kier molecular flexibility index (Phi) is 4.11. The summed E-state index contributed by atoms with van der Waals surface area (Å²) in [5.74, 6) is 5.52. The molecule has 1 amide bonds. The van der Waals surface area contributed by atoms with Crippen molar-refractivity contribution in [1.82, 2.24) is 4.98 Å². The van der Waals surface area contributed by atoms with Crippen LogP contribution < -0.4 is 16.6 Å². The molecule has 0 aliphatic carbocycles. The van der Waals surface area contributed by atoms with Crippen molar-refractivity contribution in [3.05, 3.63) is 51.7 Å². The van der Waals surface area contributed by atoms with Gasteiger partial charge >= 0.3 is 0 Å². The van der Waals surface area contributed by atoms with Gasteiger partial charge in [-0.15, -0.1) is 0 Å². The van der Waals surface area contributed by atoms with E-state index < -0.39 is 0 Å². The molecule has 1 aromatic heterocycles. The molecule has 5 nitrogen and oxygen atoms in total. The molecule has 1 aromatic carbocycles. The predicted octanol–water partition coefficient (Wildman–Crippen LogP) is 2.22. The second kappa shape index (κ2) is 5.78. The first-order chi connectivity index (χ1) is 8.70. The standard InChI is InChI=1S/C12H11IN4O/c13-9-3-1-2-4-10(9)16-12(18)8-5-6-11(17-14)15-7-8/h1-7H,14H2,(H,15,17)(H,16,18). The van der Waals surface area contributed by atoms with E-state index in [2.05, 4.69) is 38.3 Å². The Morgan fingerprint density at radius 1 is 1.22 bits per heavy atom. The summed E-state index contributed by atoms with van der Waals surface area (Å²) >= 11 is 2.17. The van der Waals surface area contributed by atoms with E-state index in [1.807, 2.05) is 24.3 Å². The lowest BCUT2D eigenvalue weighted by atomic mass is 10.2. The van der Waals surface area contributed by atoms with Gasteiger partial charge in [-0.25, -0.2) is 10.8 Å². The summed E-state index contributed by atoms with van der Waals surface area (Å²) in [6, 6.07) is 10.9. The van der Waals surface area contributed by atoms with Crippen LogP contribution in [0.1, 0.15) is 10.4 Å². The minimum atomic E-state index is -0.199. The van der Waals surface area contributed by atoms with Gasteiger partial charge in [-0.3, -0.25) is 4.79 Å². The number of aromatic nitrogens is 1. The zero-order chi connectivity index (χ0) is 13.0. The smallest absolute Gasteiger partial charge is 0.257 e. The number of amides is 1. The Bertz CT molecular complexity index is 556. The number of hydrogen-bond donors (Lipinski definition) is 3. The first-order valence-corrected chi connectivity index (χ1v) is 6.27. The van der Waals surface area contributed by atoms with Crippen molar-refractivity contribution < 1.29 is 4.79 Å². The maximum absolute atomic E-state index is 12.0. The van der Waals surface area contributed by atoms with Crippen LogP contribution >= 0.6 is 22.6 Å². The fourth-order valence-electron chi connectivity index (χ4n) is 1.37. The number of carbonyl (C=O) groups is 1. The maximum Gasteiger partial charge on any atom is 0.257 e. The number of nitrogens with two attached hydrogens (primary N) is 1. The van der Waals surface area contributed by atoms with Gasteiger partial charge in [-0.1, -0.05) is 12.1 Å². The number of nitrogens with one attached hydrogen (secondary N) is 2. The van der Waals surface area contributed by atoms with Gasteiger partial charge in [-0.05, 0) is 46.9 Å². The van der Waals surface area contributed by atoms with Crippen molar-refractivity contribution in [1.29, 1.82) is 0 Å². The molecule has 0 bridgehead atoms. The molecular formula is C12H11IN4O. The molecule has 0 atom stereocenters. The number of hydrogen-bond acceptors (Lipinski definition) is 4. The number of carbonyl (C=O) groups excluding carboxylic acids is 1. The zero-order valence-electron chi connectivity index (χ0n) is 9.35. The highest BCUT2D eigenvalue weighted by Gasteiger charge is 2.08. The van der Waals surface area contributed by atoms with Gasteiger partial charge in [0.1, 0.15) is 5.82 Å². The maximum atomic E-state index is 12.0. The van der Waals surface area contributed by atoms with Crippen LogP contribution in [0.3, 0.4) is 0 Å². The third kappa shape index (κ3) is 2.96. The van der Waals surface area contributed by atoms with Crippen molar-refractivity contribution >= 4 is 40.0 Å². The Morgan fingerprint density at radius 2 is 2.00 bits per heavy atom. The zero-order valence-corrected chi connectivity index (χ0v) is 11.5. The lowest BCUT2D eigenvalue weighted by Gasteiger charge is -2.07. The highest BCUT2D eigenvalue weighted by atomic mass is 127. The van der Waals surface area contributed by atoms with Crippen molar-refractivity contribution in [2.24, 2.45) is 5.84 Å². The minimum Gasteiger partial charge on any atom is -0.321 e. The monoisotopic (exact) mass is 354 g/mol. The van der Waals surface area contributed by atoms with Crippen molar-refractivity contribution in [2.75, 3.05) is 10.7 Å². The number of benzene rings is 1. The number of nitrogens with zero attached hydrogens (tertiary/aromatic N) is 1. The molecule has 0 aliphatic heterocycles. The van der Waals surface area contributed by atoms with E-state index in [4.69, 9.17) is 5.84 Å². The van der Waals surface area contributed by atoms with Gasteiger partial charge in [0.25, 0.3) is 5.91 Å². The number of rotatable bonds is 3. The summed E-state index contributed by atoms with van der Waals surface area (Å²) in [6.45, 7) is 0. The van der Waals surface area contributed by atoms with Crippen molar-refractivity contribution in [3.63, 3.8) is 0 Å². The third-order valence-electron chi connectivity index (χ3n) is 2.30. The van der Waals surface area contributed by atoms with E-state index in [1.54, 1.807) is 12.1 Å². The first kappa shape index (κ1) is 12.8. The molecule has 4 N–H and O–H groups in total. The molecule has 2 rings (SSSR count). The summed E-state index contributed by atoms with van der Waals surface area (Å²) < 4.78 is 0.983. The largest absolute Gasteiger partial charge is 0.321 e. The van der Waals surface area contributed by atoms with Crippen LogP contribution in [0.5, 0.6) is 0 Å². The molecule has 2 aromatic rings. The Balaban J connectivity index is 2.14. The summed E-state index contributed by atoms with van der Waals surface area (Å²) in [4.78, 5) is 15.9. The highest BCUT2D eigenvalue weighted by molar-refractivity contribution is 14.1. The summed E-state index contributed by atoms with van der Waals surface area (Å²) in [5.41, 5.74) is 3.67. The molecule has 0 saturated carbocycles. The number of hydrazine groups is 1. The Morgan fingerprint density at radius 3 is 2.61 bits per heavy atom.